The van der Waals surface area contributed by atoms with Crippen LogP contribution >= 0.6 is 0 Å². The van der Waals surface area contributed by atoms with E-state index >= 15 is 0 Å². The van der Waals surface area contributed by atoms with Crippen LogP contribution in [0.15, 0.2) is 78.9 Å². The van der Waals surface area contributed by atoms with Gasteiger partial charge in [0.2, 0.25) is 0 Å². The molecule has 0 heterocycles. The van der Waals surface area contributed by atoms with Crippen LogP contribution in [0, 0.1) is 0 Å². The van der Waals surface area contributed by atoms with Gasteiger partial charge in [0.15, 0.2) is 0 Å². The maximum atomic E-state index is 10.8. The molecule has 0 fully saturated rings. The molecule has 3 aromatic carbocycles. The van der Waals surface area contributed by atoms with E-state index in [1.807, 2.05) is 66.7 Å². The Bertz CT molecular complexity index is 763. The van der Waals surface area contributed by atoms with Crippen molar-refractivity contribution >= 4 is 0 Å². The maximum Gasteiger partial charge on any atom is 0.125 e. The quantitative estimate of drug-likeness (QED) is 0.700. The fourth-order valence-corrected chi connectivity index (χ4v) is 2.69. The highest BCUT2D eigenvalue weighted by Gasteiger charge is 2.15. The van der Waals surface area contributed by atoms with Crippen LogP contribution in [0.3, 0.4) is 0 Å². The topological polar surface area (TPSA) is 29.5 Å². The highest BCUT2D eigenvalue weighted by atomic mass is 16.5. The summed E-state index contributed by atoms with van der Waals surface area (Å²) < 4.78 is 5.95. The van der Waals surface area contributed by atoms with Crippen molar-refractivity contribution in [2.45, 2.75) is 26.1 Å². The molecule has 0 aliphatic carbocycles. The van der Waals surface area contributed by atoms with Crippen molar-refractivity contribution in [3.05, 3.63) is 101 Å². The van der Waals surface area contributed by atoms with Crippen molar-refractivity contribution in [2.24, 2.45) is 0 Å². The Hall–Kier alpha value is -2.58. The van der Waals surface area contributed by atoms with E-state index in [9.17, 15) is 5.11 Å². The molecule has 3 aromatic rings. The smallest absolute Gasteiger partial charge is 0.125 e. The highest BCUT2D eigenvalue weighted by Crippen LogP contribution is 2.30. The number of ether oxygens (including phenoxy) is 1. The molecule has 1 unspecified atom stereocenters. The lowest BCUT2D eigenvalue weighted by Crippen LogP contribution is -2.04. The van der Waals surface area contributed by atoms with Gasteiger partial charge >= 0.3 is 0 Å². The summed E-state index contributed by atoms with van der Waals surface area (Å²) in [5, 5.41) is 10.8. The summed E-state index contributed by atoms with van der Waals surface area (Å²) in [7, 11) is 0. The highest BCUT2D eigenvalue weighted by molar-refractivity contribution is 5.41. The van der Waals surface area contributed by atoms with Gasteiger partial charge < -0.3 is 9.84 Å². The van der Waals surface area contributed by atoms with Crippen LogP contribution in [-0.4, -0.2) is 5.11 Å². The third-order valence-corrected chi connectivity index (χ3v) is 4.15. The van der Waals surface area contributed by atoms with Gasteiger partial charge in [0.1, 0.15) is 18.5 Å². The summed E-state index contributed by atoms with van der Waals surface area (Å²) in [6.07, 6.45) is 0.301. The van der Waals surface area contributed by atoms with Crippen molar-refractivity contribution in [1.82, 2.24) is 0 Å². The lowest BCUT2D eigenvalue weighted by molar-refractivity contribution is 0.209. The fraction of sp³-hybridized carbons (Fsp3) is 0.182. The molecule has 0 bridgehead atoms. The second-order valence-corrected chi connectivity index (χ2v) is 5.81. The standard InChI is InChI=1S/C22H22O2/c1-2-17-12-14-19(15-13-17)22(23)20-10-6-7-11-21(20)24-16-18-8-4-3-5-9-18/h3-15,22-23H,2,16H2,1H3. The minimum absolute atomic E-state index is 0.485. The van der Waals surface area contributed by atoms with E-state index in [0.717, 1.165) is 23.1 Å². The molecule has 2 nitrogen and oxygen atoms in total. The number of hydrogen-bond donors (Lipinski definition) is 1. The van der Waals surface area contributed by atoms with Gasteiger partial charge in [-0.1, -0.05) is 79.7 Å². The van der Waals surface area contributed by atoms with Crippen LogP contribution in [0.4, 0.5) is 0 Å². The summed E-state index contributed by atoms with van der Waals surface area (Å²) in [6.45, 7) is 2.61. The Morgan fingerprint density at radius 2 is 1.46 bits per heavy atom. The molecule has 0 saturated carbocycles. The Kier molecular flexibility index (Phi) is 5.29. The van der Waals surface area contributed by atoms with Gasteiger partial charge in [-0.05, 0) is 29.2 Å². The largest absolute Gasteiger partial charge is 0.489 e. The molecule has 0 saturated heterocycles. The predicted molar refractivity (Wildman–Crippen MR) is 97.1 cm³/mol. The van der Waals surface area contributed by atoms with Gasteiger partial charge in [-0.15, -0.1) is 0 Å². The van der Waals surface area contributed by atoms with Crippen LogP contribution in [0.2, 0.25) is 0 Å². The third kappa shape index (κ3) is 3.84. The van der Waals surface area contributed by atoms with Gasteiger partial charge in [-0.25, -0.2) is 0 Å². The number of aryl methyl sites for hydroxylation is 1. The number of aliphatic hydroxyl groups excluding tert-OH is 1. The van der Waals surface area contributed by atoms with Crippen LogP contribution in [0.1, 0.15) is 35.3 Å². The molecule has 1 N–H and O–H groups in total. The Balaban J connectivity index is 1.79. The molecule has 3 rings (SSSR count). The lowest BCUT2D eigenvalue weighted by atomic mass is 9.99. The van der Waals surface area contributed by atoms with E-state index in [1.54, 1.807) is 0 Å². The minimum Gasteiger partial charge on any atom is -0.489 e. The van der Waals surface area contributed by atoms with E-state index in [2.05, 4.69) is 19.1 Å². The number of rotatable bonds is 6. The van der Waals surface area contributed by atoms with Crippen LogP contribution in [0.5, 0.6) is 5.75 Å². The molecule has 2 heteroatoms. The van der Waals surface area contributed by atoms with Crippen molar-refractivity contribution < 1.29 is 9.84 Å². The Morgan fingerprint density at radius 1 is 0.792 bits per heavy atom. The van der Waals surface area contributed by atoms with Gasteiger partial charge in [-0.2, -0.15) is 0 Å². The van der Waals surface area contributed by atoms with Gasteiger partial charge in [0.05, 0.1) is 0 Å². The zero-order valence-electron chi connectivity index (χ0n) is 13.9. The Morgan fingerprint density at radius 3 is 2.17 bits per heavy atom. The summed E-state index contributed by atoms with van der Waals surface area (Å²) in [5.41, 5.74) is 4.04. The molecule has 0 aliphatic rings. The molecule has 24 heavy (non-hydrogen) atoms. The molecule has 0 aromatic heterocycles. The predicted octanol–water partition coefficient (Wildman–Crippen LogP) is 4.91. The first-order valence-electron chi connectivity index (χ1n) is 8.30. The molecule has 0 spiro atoms. The number of hydrogen-bond acceptors (Lipinski definition) is 2. The summed E-state index contributed by atoms with van der Waals surface area (Å²) >= 11 is 0. The van der Waals surface area contributed by atoms with Crippen LogP contribution in [-0.2, 0) is 13.0 Å². The van der Waals surface area contributed by atoms with E-state index in [0.29, 0.717) is 12.4 Å². The summed E-state index contributed by atoms with van der Waals surface area (Å²) in [6, 6.07) is 25.8. The van der Waals surface area contributed by atoms with Crippen molar-refractivity contribution in [3.8, 4) is 5.75 Å². The minimum atomic E-state index is -0.692. The van der Waals surface area contributed by atoms with Crippen molar-refractivity contribution in [3.63, 3.8) is 0 Å². The first-order valence-corrected chi connectivity index (χ1v) is 8.30. The van der Waals surface area contributed by atoms with Crippen LogP contribution < -0.4 is 4.74 Å². The first-order chi connectivity index (χ1) is 11.8. The van der Waals surface area contributed by atoms with Gasteiger partial charge in [-0.3, -0.25) is 0 Å². The Labute approximate surface area is 143 Å². The van der Waals surface area contributed by atoms with E-state index in [4.69, 9.17) is 4.74 Å². The molecule has 1 atom stereocenters. The second kappa shape index (κ2) is 7.80. The van der Waals surface area contributed by atoms with Crippen molar-refractivity contribution in [2.75, 3.05) is 0 Å². The lowest BCUT2D eigenvalue weighted by Gasteiger charge is -2.17. The number of para-hydroxylation sites is 1. The molecule has 0 amide bonds. The monoisotopic (exact) mass is 318 g/mol. The molecule has 122 valence electrons. The normalized spacial score (nSPS) is 11.9. The van der Waals surface area contributed by atoms with Gasteiger partial charge in [0.25, 0.3) is 0 Å². The third-order valence-electron chi connectivity index (χ3n) is 4.15. The zero-order chi connectivity index (χ0) is 16.8. The van der Waals surface area contributed by atoms with Crippen LogP contribution in [0.25, 0.3) is 0 Å². The fourth-order valence-electron chi connectivity index (χ4n) is 2.69. The van der Waals surface area contributed by atoms with Crippen molar-refractivity contribution in [1.29, 1.82) is 0 Å². The van der Waals surface area contributed by atoms with E-state index in [-0.39, 0.29) is 0 Å². The zero-order valence-corrected chi connectivity index (χ0v) is 13.9. The average Bonchev–Trinajstić information content (AvgIpc) is 2.67. The summed E-state index contributed by atoms with van der Waals surface area (Å²) in [4.78, 5) is 0. The molecule has 0 radical (unpaired) electrons. The van der Waals surface area contributed by atoms with Gasteiger partial charge in [0, 0.05) is 5.56 Å². The molecule has 0 aliphatic heterocycles. The SMILES string of the molecule is CCc1ccc(C(O)c2ccccc2OCc2ccccc2)cc1. The number of aliphatic hydroxyl groups is 1. The second-order valence-electron chi connectivity index (χ2n) is 5.81. The number of benzene rings is 3. The maximum absolute atomic E-state index is 10.8. The summed E-state index contributed by atoms with van der Waals surface area (Å²) in [5.74, 6) is 0.716. The molecular weight excluding hydrogens is 296 g/mol. The molecular formula is C22H22O2. The average molecular weight is 318 g/mol. The van der Waals surface area contributed by atoms with E-state index in [1.165, 1.54) is 5.56 Å². The van der Waals surface area contributed by atoms with E-state index < -0.39 is 6.10 Å². The first kappa shape index (κ1) is 16.3.